The number of aliphatic hydroxyl groups excluding tert-OH is 1. The van der Waals surface area contributed by atoms with E-state index in [2.05, 4.69) is 6.92 Å². The number of carboxylic acid groups (broad SMARTS) is 1. The van der Waals surface area contributed by atoms with Crippen molar-refractivity contribution >= 4 is 6.09 Å². The molecule has 1 amide bonds. The van der Waals surface area contributed by atoms with E-state index in [1.165, 1.54) is 4.90 Å². The van der Waals surface area contributed by atoms with Gasteiger partial charge in [-0.1, -0.05) is 26.2 Å². The highest BCUT2D eigenvalue weighted by Gasteiger charge is 2.31. The van der Waals surface area contributed by atoms with Crippen molar-refractivity contribution in [2.75, 3.05) is 6.61 Å². The normalized spacial score (nSPS) is 27.5. The highest BCUT2D eigenvalue weighted by molar-refractivity contribution is 5.66. The zero-order valence-corrected chi connectivity index (χ0v) is 9.35. The van der Waals surface area contributed by atoms with E-state index in [1.807, 2.05) is 0 Å². The van der Waals surface area contributed by atoms with Gasteiger partial charge in [-0.3, -0.25) is 0 Å². The molecule has 2 atom stereocenters. The number of amides is 1. The van der Waals surface area contributed by atoms with E-state index < -0.39 is 6.09 Å². The van der Waals surface area contributed by atoms with Crippen LogP contribution in [0.15, 0.2) is 0 Å². The fraction of sp³-hybridized carbons (Fsp3) is 0.909. The van der Waals surface area contributed by atoms with Crippen molar-refractivity contribution in [1.29, 1.82) is 0 Å². The number of hydrogen-bond acceptors (Lipinski definition) is 2. The molecule has 0 aliphatic carbocycles. The molecule has 2 N–H and O–H groups in total. The van der Waals surface area contributed by atoms with Gasteiger partial charge in [-0.15, -0.1) is 0 Å². The minimum absolute atomic E-state index is 0.0491. The number of hydrogen-bond donors (Lipinski definition) is 2. The molecule has 15 heavy (non-hydrogen) atoms. The lowest BCUT2D eigenvalue weighted by atomic mass is 10.1. The molecule has 0 radical (unpaired) electrons. The molecular formula is C11H21NO3. The van der Waals surface area contributed by atoms with Crippen LogP contribution < -0.4 is 0 Å². The Morgan fingerprint density at radius 1 is 1.33 bits per heavy atom. The summed E-state index contributed by atoms with van der Waals surface area (Å²) in [6.45, 7) is 2.02. The standard InChI is InChI=1S/C11H21NO3/c1-2-5-9-6-3-4-7-10(8-13)12(9)11(14)15/h9-10,13H,2-8H2,1H3,(H,14,15)/t9-,10-/m1/s1. The maximum Gasteiger partial charge on any atom is 0.407 e. The average molecular weight is 215 g/mol. The van der Waals surface area contributed by atoms with Crippen molar-refractivity contribution in [3.05, 3.63) is 0 Å². The van der Waals surface area contributed by atoms with Gasteiger partial charge in [0.05, 0.1) is 12.6 Å². The van der Waals surface area contributed by atoms with Crippen molar-refractivity contribution in [3.63, 3.8) is 0 Å². The van der Waals surface area contributed by atoms with Crippen molar-refractivity contribution in [3.8, 4) is 0 Å². The zero-order valence-electron chi connectivity index (χ0n) is 9.35. The number of carbonyl (C=O) groups is 1. The summed E-state index contributed by atoms with van der Waals surface area (Å²) in [5.41, 5.74) is 0. The quantitative estimate of drug-likeness (QED) is 0.757. The van der Waals surface area contributed by atoms with E-state index in [4.69, 9.17) is 0 Å². The van der Waals surface area contributed by atoms with Gasteiger partial charge in [-0.2, -0.15) is 0 Å². The second kappa shape index (κ2) is 5.95. The molecule has 0 unspecified atom stereocenters. The highest BCUT2D eigenvalue weighted by Crippen LogP contribution is 2.24. The molecule has 0 aromatic carbocycles. The van der Waals surface area contributed by atoms with Gasteiger partial charge in [0.15, 0.2) is 0 Å². The summed E-state index contributed by atoms with van der Waals surface area (Å²) in [7, 11) is 0. The molecule has 0 saturated carbocycles. The average Bonchev–Trinajstić information content (AvgIpc) is 2.40. The van der Waals surface area contributed by atoms with Crippen LogP contribution in [-0.2, 0) is 0 Å². The van der Waals surface area contributed by atoms with Crippen LogP contribution in [0.1, 0.15) is 45.4 Å². The third-order valence-electron chi connectivity index (χ3n) is 3.17. The predicted molar refractivity (Wildman–Crippen MR) is 57.9 cm³/mol. The molecule has 88 valence electrons. The van der Waals surface area contributed by atoms with Crippen LogP contribution in [0.3, 0.4) is 0 Å². The van der Waals surface area contributed by atoms with E-state index in [1.54, 1.807) is 0 Å². The topological polar surface area (TPSA) is 60.8 Å². The molecule has 0 aromatic rings. The molecule has 4 heteroatoms. The Labute approximate surface area is 90.9 Å². The maximum atomic E-state index is 11.2. The van der Waals surface area contributed by atoms with Gasteiger partial charge in [0.2, 0.25) is 0 Å². The first-order valence-corrected chi connectivity index (χ1v) is 5.82. The van der Waals surface area contributed by atoms with Gasteiger partial charge in [0.25, 0.3) is 0 Å². The number of rotatable bonds is 3. The summed E-state index contributed by atoms with van der Waals surface area (Å²) >= 11 is 0. The molecule has 1 rings (SSSR count). The minimum Gasteiger partial charge on any atom is -0.465 e. The third kappa shape index (κ3) is 3.09. The second-order valence-electron chi connectivity index (χ2n) is 4.25. The lowest BCUT2D eigenvalue weighted by Gasteiger charge is -2.33. The van der Waals surface area contributed by atoms with Crippen LogP contribution >= 0.6 is 0 Å². The van der Waals surface area contributed by atoms with Crippen LogP contribution in [0.4, 0.5) is 4.79 Å². The van der Waals surface area contributed by atoms with Crippen molar-refractivity contribution in [2.24, 2.45) is 0 Å². The SMILES string of the molecule is CCC[C@@H]1CCCC[C@H](CO)N1C(=O)O. The Kier molecular flexibility index (Phi) is 4.88. The molecular weight excluding hydrogens is 194 g/mol. The summed E-state index contributed by atoms with van der Waals surface area (Å²) in [6.07, 6.45) is 4.85. The van der Waals surface area contributed by atoms with Crippen LogP contribution in [0.5, 0.6) is 0 Å². The Morgan fingerprint density at radius 3 is 2.40 bits per heavy atom. The van der Waals surface area contributed by atoms with Crippen LogP contribution in [-0.4, -0.2) is 39.9 Å². The van der Waals surface area contributed by atoms with Gasteiger partial charge in [0, 0.05) is 6.04 Å². The summed E-state index contributed by atoms with van der Waals surface area (Å²) < 4.78 is 0. The Morgan fingerprint density at radius 2 is 1.93 bits per heavy atom. The molecule has 1 fully saturated rings. The molecule has 0 aromatic heterocycles. The smallest absolute Gasteiger partial charge is 0.407 e. The molecule has 1 saturated heterocycles. The van der Waals surface area contributed by atoms with Crippen molar-refractivity contribution < 1.29 is 15.0 Å². The molecule has 0 spiro atoms. The first-order valence-electron chi connectivity index (χ1n) is 5.82. The Balaban J connectivity index is 2.76. The maximum absolute atomic E-state index is 11.2. The van der Waals surface area contributed by atoms with Crippen LogP contribution in [0.25, 0.3) is 0 Å². The fourth-order valence-corrected chi connectivity index (χ4v) is 2.44. The summed E-state index contributed by atoms with van der Waals surface area (Å²) in [4.78, 5) is 12.7. The minimum atomic E-state index is -0.880. The van der Waals surface area contributed by atoms with Crippen molar-refractivity contribution in [2.45, 2.75) is 57.5 Å². The first-order chi connectivity index (χ1) is 7.20. The number of nitrogens with zero attached hydrogens (tertiary/aromatic N) is 1. The van der Waals surface area contributed by atoms with E-state index in [9.17, 15) is 15.0 Å². The second-order valence-corrected chi connectivity index (χ2v) is 4.25. The Bertz CT molecular complexity index is 208. The summed E-state index contributed by atoms with van der Waals surface area (Å²) in [6, 6.07) is -0.0892. The monoisotopic (exact) mass is 215 g/mol. The molecule has 4 nitrogen and oxygen atoms in total. The summed E-state index contributed by atoms with van der Waals surface area (Å²) in [5.74, 6) is 0. The van der Waals surface area contributed by atoms with Crippen LogP contribution in [0.2, 0.25) is 0 Å². The van der Waals surface area contributed by atoms with Gasteiger partial charge < -0.3 is 15.1 Å². The first kappa shape index (κ1) is 12.3. The predicted octanol–water partition coefficient (Wildman–Crippen LogP) is 2.07. The van der Waals surface area contributed by atoms with Crippen LogP contribution in [0, 0.1) is 0 Å². The molecule has 1 aliphatic rings. The van der Waals surface area contributed by atoms with Gasteiger partial charge in [-0.25, -0.2) is 4.79 Å². The van der Waals surface area contributed by atoms with Gasteiger partial charge in [-0.05, 0) is 19.3 Å². The van der Waals surface area contributed by atoms with E-state index in [0.717, 1.165) is 38.5 Å². The lowest BCUT2D eigenvalue weighted by molar-refractivity contribution is 0.0704. The van der Waals surface area contributed by atoms with Gasteiger partial charge in [0.1, 0.15) is 0 Å². The molecule has 0 bridgehead atoms. The van der Waals surface area contributed by atoms with Gasteiger partial charge >= 0.3 is 6.09 Å². The zero-order chi connectivity index (χ0) is 11.3. The van der Waals surface area contributed by atoms with E-state index in [-0.39, 0.29) is 18.7 Å². The van der Waals surface area contributed by atoms with Crippen molar-refractivity contribution in [1.82, 2.24) is 4.90 Å². The molecule has 1 aliphatic heterocycles. The van der Waals surface area contributed by atoms with E-state index in [0.29, 0.717) is 0 Å². The van der Waals surface area contributed by atoms with E-state index >= 15 is 0 Å². The third-order valence-corrected chi connectivity index (χ3v) is 3.17. The number of likely N-dealkylation sites (tertiary alicyclic amines) is 1. The lowest BCUT2D eigenvalue weighted by Crippen LogP contribution is -2.47. The highest BCUT2D eigenvalue weighted by atomic mass is 16.4. The number of aliphatic hydroxyl groups is 1. The largest absolute Gasteiger partial charge is 0.465 e. The Hall–Kier alpha value is -0.770. The summed E-state index contributed by atoms with van der Waals surface area (Å²) in [5, 5.41) is 18.4. The molecule has 1 heterocycles. The fourth-order valence-electron chi connectivity index (χ4n) is 2.44.